The van der Waals surface area contributed by atoms with E-state index in [1.54, 1.807) is 31.2 Å². The standard InChI is InChI=1S/C21H20N4O5/c1-3-15-6-4-5-7-16(15)22-19(26)12-24-20(27)17(23-21(24)28)10-14-9-8-13(2)18(11-14)25(29)30/h4-11H,3,12H2,1-2H3,(H,22,26)(H,23,28)/b17-10+. The maximum atomic E-state index is 12.6. The Morgan fingerprint density at radius 2 is 1.97 bits per heavy atom. The Bertz CT molecular complexity index is 1080. The van der Waals surface area contributed by atoms with E-state index in [4.69, 9.17) is 0 Å². The molecule has 1 aliphatic rings. The first kappa shape index (κ1) is 20.7. The van der Waals surface area contributed by atoms with E-state index in [-0.39, 0.29) is 11.4 Å². The average Bonchev–Trinajstić information content (AvgIpc) is 2.97. The summed E-state index contributed by atoms with van der Waals surface area (Å²) in [5.41, 5.74) is 2.28. The SMILES string of the molecule is CCc1ccccc1NC(=O)CN1C(=O)N/C(=C/c2ccc(C)c([N+](=O)[O-])c2)C1=O. The zero-order valence-corrected chi connectivity index (χ0v) is 16.5. The van der Waals surface area contributed by atoms with Crippen LogP contribution in [0.25, 0.3) is 6.08 Å². The van der Waals surface area contributed by atoms with Gasteiger partial charge in [-0.25, -0.2) is 9.69 Å². The Hall–Kier alpha value is -4.01. The Morgan fingerprint density at radius 1 is 1.23 bits per heavy atom. The van der Waals surface area contributed by atoms with E-state index in [0.717, 1.165) is 16.9 Å². The number of amides is 4. The average molecular weight is 408 g/mol. The molecule has 1 saturated heterocycles. The molecule has 2 aromatic carbocycles. The molecule has 1 heterocycles. The molecule has 0 spiro atoms. The van der Waals surface area contributed by atoms with Gasteiger partial charge in [0, 0.05) is 17.3 Å². The largest absolute Gasteiger partial charge is 0.329 e. The molecule has 0 bridgehead atoms. The van der Waals surface area contributed by atoms with Crippen molar-refractivity contribution in [3.63, 3.8) is 0 Å². The molecule has 4 amide bonds. The molecule has 0 atom stereocenters. The Labute approximate surface area is 172 Å². The molecule has 2 N–H and O–H groups in total. The van der Waals surface area contributed by atoms with Crippen molar-refractivity contribution >= 4 is 35.3 Å². The van der Waals surface area contributed by atoms with Crippen molar-refractivity contribution in [3.05, 3.63) is 75.0 Å². The first-order valence-corrected chi connectivity index (χ1v) is 9.27. The maximum Gasteiger partial charge on any atom is 0.329 e. The highest BCUT2D eigenvalue weighted by molar-refractivity contribution is 6.16. The third kappa shape index (κ3) is 4.35. The quantitative estimate of drug-likeness (QED) is 0.329. The molecule has 154 valence electrons. The van der Waals surface area contributed by atoms with Crippen molar-refractivity contribution in [2.75, 3.05) is 11.9 Å². The van der Waals surface area contributed by atoms with Gasteiger partial charge in [0.05, 0.1) is 4.92 Å². The number of imide groups is 1. The summed E-state index contributed by atoms with van der Waals surface area (Å²) in [6, 6.07) is 11.0. The maximum absolute atomic E-state index is 12.6. The molecular formula is C21H20N4O5. The molecule has 2 aromatic rings. The lowest BCUT2D eigenvalue weighted by Crippen LogP contribution is -2.38. The smallest absolute Gasteiger partial charge is 0.324 e. The fourth-order valence-electron chi connectivity index (χ4n) is 3.08. The normalized spacial score (nSPS) is 14.7. The number of carbonyl (C=O) groups is 3. The molecule has 30 heavy (non-hydrogen) atoms. The summed E-state index contributed by atoms with van der Waals surface area (Å²) < 4.78 is 0. The van der Waals surface area contributed by atoms with Crippen LogP contribution in [0.4, 0.5) is 16.2 Å². The predicted octanol–water partition coefficient (Wildman–Crippen LogP) is 3.00. The fraction of sp³-hybridized carbons (Fsp3) is 0.190. The van der Waals surface area contributed by atoms with Crippen molar-refractivity contribution in [2.45, 2.75) is 20.3 Å². The number of benzene rings is 2. The zero-order chi connectivity index (χ0) is 21.8. The van der Waals surface area contributed by atoms with Gasteiger partial charge in [0.15, 0.2) is 0 Å². The van der Waals surface area contributed by atoms with E-state index in [9.17, 15) is 24.5 Å². The number of nitrogens with zero attached hydrogens (tertiary/aromatic N) is 2. The van der Waals surface area contributed by atoms with E-state index in [2.05, 4.69) is 10.6 Å². The number of nitrogens with one attached hydrogen (secondary N) is 2. The second kappa shape index (κ2) is 8.56. The lowest BCUT2D eigenvalue weighted by Gasteiger charge is -2.13. The van der Waals surface area contributed by atoms with Crippen LogP contribution in [-0.2, 0) is 16.0 Å². The summed E-state index contributed by atoms with van der Waals surface area (Å²) >= 11 is 0. The van der Waals surface area contributed by atoms with E-state index >= 15 is 0 Å². The summed E-state index contributed by atoms with van der Waals surface area (Å²) in [7, 11) is 0. The van der Waals surface area contributed by atoms with Gasteiger partial charge in [0.2, 0.25) is 5.91 Å². The topological polar surface area (TPSA) is 122 Å². The first-order valence-electron chi connectivity index (χ1n) is 9.27. The molecule has 9 heteroatoms. The Balaban J connectivity index is 1.75. The number of nitro benzene ring substituents is 1. The molecule has 1 aliphatic heterocycles. The van der Waals surface area contributed by atoms with Crippen molar-refractivity contribution < 1.29 is 19.3 Å². The van der Waals surface area contributed by atoms with Gasteiger partial charge in [-0.15, -0.1) is 0 Å². The Morgan fingerprint density at radius 3 is 2.67 bits per heavy atom. The van der Waals surface area contributed by atoms with Gasteiger partial charge in [0.1, 0.15) is 12.2 Å². The molecule has 0 aliphatic carbocycles. The number of para-hydroxylation sites is 1. The molecule has 9 nitrogen and oxygen atoms in total. The zero-order valence-electron chi connectivity index (χ0n) is 16.5. The summed E-state index contributed by atoms with van der Waals surface area (Å²) in [6.07, 6.45) is 2.06. The van der Waals surface area contributed by atoms with Crippen LogP contribution in [0.5, 0.6) is 0 Å². The van der Waals surface area contributed by atoms with Crippen molar-refractivity contribution in [1.29, 1.82) is 0 Å². The summed E-state index contributed by atoms with van der Waals surface area (Å²) in [4.78, 5) is 48.5. The van der Waals surface area contributed by atoms with Gasteiger partial charge in [0.25, 0.3) is 11.6 Å². The number of hydrogen-bond acceptors (Lipinski definition) is 5. The van der Waals surface area contributed by atoms with Crippen LogP contribution in [0.2, 0.25) is 0 Å². The number of urea groups is 1. The molecule has 0 saturated carbocycles. The second-order valence-corrected chi connectivity index (χ2v) is 6.74. The molecule has 1 fully saturated rings. The minimum Gasteiger partial charge on any atom is -0.324 e. The number of aryl methyl sites for hydroxylation is 2. The number of rotatable bonds is 6. The van der Waals surface area contributed by atoms with E-state index in [1.807, 2.05) is 19.1 Å². The van der Waals surface area contributed by atoms with Crippen molar-refractivity contribution in [2.24, 2.45) is 0 Å². The number of hydrogen-bond donors (Lipinski definition) is 2. The van der Waals surface area contributed by atoms with Crippen LogP contribution in [0.15, 0.2) is 48.2 Å². The third-order valence-electron chi connectivity index (χ3n) is 4.68. The summed E-state index contributed by atoms with van der Waals surface area (Å²) in [5, 5.41) is 16.2. The number of nitro groups is 1. The Kier molecular flexibility index (Phi) is 5.91. The monoisotopic (exact) mass is 408 g/mol. The van der Waals surface area contributed by atoms with Crippen molar-refractivity contribution in [3.8, 4) is 0 Å². The van der Waals surface area contributed by atoms with E-state index in [1.165, 1.54) is 12.1 Å². The molecule has 0 unspecified atom stereocenters. The van der Waals surface area contributed by atoms with E-state index in [0.29, 0.717) is 16.8 Å². The molecule has 3 rings (SSSR count). The van der Waals surface area contributed by atoms with E-state index < -0.39 is 29.3 Å². The van der Waals surface area contributed by atoms with Gasteiger partial charge < -0.3 is 10.6 Å². The van der Waals surface area contributed by atoms with Gasteiger partial charge in [-0.05, 0) is 36.6 Å². The van der Waals surface area contributed by atoms with Crippen LogP contribution in [0, 0.1) is 17.0 Å². The van der Waals surface area contributed by atoms with Crippen molar-refractivity contribution in [1.82, 2.24) is 10.2 Å². The van der Waals surface area contributed by atoms with Crippen LogP contribution in [0.1, 0.15) is 23.6 Å². The summed E-state index contributed by atoms with van der Waals surface area (Å²) in [6.45, 7) is 3.11. The van der Waals surface area contributed by atoms with Gasteiger partial charge in [-0.2, -0.15) is 0 Å². The minimum atomic E-state index is -0.730. The predicted molar refractivity (Wildman–Crippen MR) is 111 cm³/mol. The fourth-order valence-corrected chi connectivity index (χ4v) is 3.08. The van der Waals surface area contributed by atoms with Gasteiger partial charge in [-0.3, -0.25) is 19.7 Å². The highest BCUT2D eigenvalue weighted by Gasteiger charge is 2.35. The van der Waals surface area contributed by atoms with Crippen LogP contribution in [-0.4, -0.2) is 34.2 Å². The van der Waals surface area contributed by atoms with Gasteiger partial charge in [-0.1, -0.05) is 37.3 Å². The molecular weight excluding hydrogens is 388 g/mol. The second-order valence-electron chi connectivity index (χ2n) is 6.74. The van der Waals surface area contributed by atoms with Crippen LogP contribution >= 0.6 is 0 Å². The van der Waals surface area contributed by atoms with Gasteiger partial charge >= 0.3 is 6.03 Å². The van der Waals surface area contributed by atoms with Crippen LogP contribution < -0.4 is 10.6 Å². The third-order valence-corrected chi connectivity index (χ3v) is 4.68. The summed E-state index contributed by atoms with van der Waals surface area (Å²) in [5.74, 6) is -1.19. The molecule has 0 radical (unpaired) electrons. The lowest BCUT2D eigenvalue weighted by atomic mass is 10.1. The lowest BCUT2D eigenvalue weighted by molar-refractivity contribution is -0.385. The minimum absolute atomic E-state index is 0.0556. The first-order chi connectivity index (χ1) is 14.3. The number of carbonyl (C=O) groups excluding carboxylic acids is 3. The molecule has 0 aromatic heterocycles. The van der Waals surface area contributed by atoms with Crippen LogP contribution in [0.3, 0.4) is 0 Å². The highest BCUT2D eigenvalue weighted by Crippen LogP contribution is 2.22. The highest BCUT2D eigenvalue weighted by atomic mass is 16.6. The number of anilines is 1.